The highest BCUT2D eigenvalue weighted by Gasteiger charge is 2.21. The van der Waals surface area contributed by atoms with Crippen molar-refractivity contribution >= 4 is 26.6 Å². The normalized spacial score (nSPS) is 12.1. The Morgan fingerprint density at radius 3 is 2.21 bits per heavy atom. The second kappa shape index (κ2) is 7.96. The Labute approximate surface area is 190 Å². The van der Waals surface area contributed by atoms with E-state index in [0.717, 1.165) is 17.4 Å². The number of aromatic amines is 1. The number of aromatic nitrogens is 4. The maximum Gasteiger partial charge on any atom is 0.334 e. The number of benzene rings is 2. The minimum atomic E-state index is -3.36. The molecule has 0 fully saturated rings. The van der Waals surface area contributed by atoms with Gasteiger partial charge in [-0.05, 0) is 35.4 Å². The second-order valence-corrected chi connectivity index (χ2v) is 10.5. The van der Waals surface area contributed by atoms with Crippen LogP contribution in [0, 0.1) is 0 Å². The zero-order chi connectivity index (χ0) is 24.0. The van der Waals surface area contributed by atoms with Crippen molar-refractivity contribution in [3.63, 3.8) is 0 Å². The van der Waals surface area contributed by atoms with Crippen LogP contribution in [0.25, 0.3) is 27.8 Å². The molecule has 0 aliphatic carbocycles. The number of hydrogen-bond donors (Lipinski definition) is 2. The van der Waals surface area contributed by atoms with Crippen molar-refractivity contribution in [3.05, 3.63) is 81.4 Å². The Hall–Kier alpha value is -3.79. The predicted octanol–water partition coefficient (Wildman–Crippen LogP) is 2.81. The number of hydrogen-bond acceptors (Lipinski definition) is 6. The average molecular weight is 466 g/mol. The van der Waals surface area contributed by atoms with Crippen LogP contribution in [0.5, 0.6) is 0 Å². The smallest absolute Gasteiger partial charge is 0.284 e. The van der Waals surface area contributed by atoms with Crippen molar-refractivity contribution in [3.8, 4) is 16.9 Å². The first-order valence-corrected chi connectivity index (χ1v) is 12.0. The van der Waals surface area contributed by atoms with E-state index in [2.05, 4.69) is 14.7 Å². The molecular weight excluding hydrogens is 442 g/mol. The molecular formula is C23H23N5O4S. The van der Waals surface area contributed by atoms with Crippen LogP contribution < -0.4 is 16.0 Å². The quantitative estimate of drug-likeness (QED) is 0.477. The van der Waals surface area contributed by atoms with Crippen molar-refractivity contribution in [2.24, 2.45) is 0 Å². The van der Waals surface area contributed by atoms with Crippen LogP contribution in [-0.2, 0) is 15.4 Å². The fourth-order valence-corrected chi connectivity index (χ4v) is 3.90. The average Bonchev–Trinajstić information content (AvgIpc) is 2.71. The summed E-state index contributed by atoms with van der Waals surface area (Å²) < 4.78 is 26.6. The van der Waals surface area contributed by atoms with Gasteiger partial charge in [-0.3, -0.25) is 19.1 Å². The number of anilines is 1. The third-order valence-electron chi connectivity index (χ3n) is 4.92. The van der Waals surface area contributed by atoms with Gasteiger partial charge in [0.1, 0.15) is 5.82 Å². The van der Waals surface area contributed by atoms with E-state index in [9.17, 15) is 18.0 Å². The number of nitrogens with zero attached hydrogens (tertiary/aromatic N) is 3. The van der Waals surface area contributed by atoms with Crippen molar-refractivity contribution in [2.75, 3.05) is 11.0 Å². The van der Waals surface area contributed by atoms with E-state index in [1.165, 1.54) is 16.8 Å². The molecule has 2 aromatic heterocycles. The molecule has 4 aromatic rings. The topological polar surface area (TPSA) is 127 Å². The summed E-state index contributed by atoms with van der Waals surface area (Å²) in [6.07, 6.45) is 2.50. The summed E-state index contributed by atoms with van der Waals surface area (Å²) in [6, 6.07) is 13.9. The maximum absolute atomic E-state index is 12.5. The Kier molecular flexibility index (Phi) is 5.41. The summed E-state index contributed by atoms with van der Waals surface area (Å²) in [7, 11) is -3.36. The molecule has 0 bridgehead atoms. The number of H-pyrrole nitrogens is 1. The van der Waals surface area contributed by atoms with Crippen LogP contribution in [0.15, 0.2) is 64.3 Å². The van der Waals surface area contributed by atoms with E-state index in [4.69, 9.17) is 4.98 Å². The van der Waals surface area contributed by atoms with Crippen molar-refractivity contribution in [2.45, 2.75) is 26.2 Å². The molecule has 9 nitrogen and oxygen atoms in total. The Bertz CT molecular complexity index is 1580. The first-order valence-electron chi connectivity index (χ1n) is 10.1. The minimum absolute atomic E-state index is 0.380. The highest BCUT2D eigenvalue weighted by atomic mass is 32.2. The van der Waals surface area contributed by atoms with Gasteiger partial charge in [-0.15, -0.1) is 0 Å². The largest absolute Gasteiger partial charge is 0.334 e. The number of rotatable bonds is 4. The summed E-state index contributed by atoms with van der Waals surface area (Å²) in [5, 5.41) is 0.649. The molecule has 0 radical (unpaired) electrons. The van der Waals surface area contributed by atoms with Crippen molar-refractivity contribution < 1.29 is 8.42 Å². The highest BCUT2D eigenvalue weighted by molar-refractivity contribution is 7.92. The molecule has 0 atom stereocenters. The third kappa shape index (κ3) is 4.85. The fraction of sp³-hybridized carbons (Fsp3) is 0.217. The van der Waals surface area contributed by atoms with Gasteiger partial charge in [0.15, 0.2) is 5.82 Å². The van der Waals surface area contributed by atoms with Crippen LogP contribution in [0.2, 0.25) is 0 Å². The lowest BCUT2D eigenvalue weighted by atomic mass is 9.95. The molecule has 0 aliphatic heterocycles. The zero-order valence-corrected chi connectivity index (χ0v) is 19.4. The standard InChI is InChI=1S/C23H23N5O4S/c1-23(2,3)21-24-18-13-15(14-5-8-16(9-6-14)27-33(4,31)32)7-10-17(18)20(26-21)28-12-11-19(29)25-22(28)30/h5-13,27H,1-4H3,(H,25,29,30). The van der Waals surface area contributed by atoms with E-state index < -0.39 is 21.3 Å². The lowest BCUT2D eigenvalue weighted by Crippen LogP contribution is -2.29. The Morgan fingerprint density at radius 2 is 1.61 bits per heavy atom. The fourth-order valence-electron chi connectivity index (χ4n) is 3.34. The molecule has 0 saturated carbocycles. The van der Waals surface area contributed by atoms with Crippen molar-refractivity contribution in [1.82, 2.24) is 19.5 Å². The second-order valence-electron chi connectivity index (χ2n) is 8.78. The molecule has 0 saturated heterocycles. The summed E-state index contributed by atoms with van der Waals surface area (Å²) in [5.74, 6) is 0.929. The van der Waals surface area contributed by atoms with Gasteiger partial charge in [-0.2, -0.15) is 0 Å². The van der Waals surface area contributed by atoms with Gasteiger partial charge in [0.2, 0.25) is 10.0 Å². The molecule has 0 unspecified atom stereocenters. The van der Waals surface area contributed by atoms with Gasteiger partial charge in [0.25, 0.3) is 5.56 Å². The van der Waals surface area contributed by atoms with E-state index in [0.29, 0.717) is 28.2 Å². The van der Waals surface area contributed by atoms with Crippen LogP contribution >= 0.6 is 0 Å². The molecule has 0 amide bonds. The Morgan fingerprint density at radius 1 is 0.939 bits per heavy atom. The van der Waals surface area contributed by atoms with Crippen LogP contribution in [0.3, 0.4) is 0 Å². The monoisotopic (exact) mass is 465 g/mol. The Balaban J connectivity index is 1.88. The van der Waals surface area contributed by atoms with Crippen LogP contribution in [0.1, 0.15) is 26.6 Å². The van der Waals surface area contributed by atoms with Gasteiger partial charge in [-0.1, -0.05) is 39.0 Å². The lowest BCUT2D eigenvalue weighted by Gasteiger charge is -2.19. The molecule has 10 heteroatoms. The minimum Gasteiger partial charge on any atom is -0.284 e. The zero-order valence-electron chi connectivity index (χ0n) is 18.6. The number of fused-ring (bicyclic) bond motifs is 1. The molecule has 0 aliphatic rings. The molecule has 170 valence electrons. The summed E-state index contributed by atoms with van der Waals surface area (Å²) in [5.41, 5.74) is 1.39. The van der Waals surface area contributed by atoms with Gasteiger partial charge in [-0.25, -0.2) is 23.2 Å². The first kappa shape index (κ1) is 22.4. The van der Waals surface area contributed by atoms with E-state index in [1.807, 2.05) is 51.1 Å². The third-order valence-corrected chi connectivity index (χ3v) is 5.53. The van der Waals surface area contributed by atoms with Gasteiger partial charge in [0, 0.05) is 28.8 Å². The summed E-state index contributed by atoms with van der Waals surface area (Å²) in [4.78, 5) is 35.6. The summed E-state index contributed by atoms with van der Waals surface area (Å²) >= 11 is 0. The first-order chi connectivity index (χ1) is 15.4. The van der Waals surface area contributed by atoms with E-state index in [-0.39, 0.29) is 5.41 Å². The predicted molar refractivity (Wildman–Crippen MR) is 128 cm³/mol. The van der Waals surface area contributed by atoms with Gasteiger partial charge < -0.3 is 0 Å². The van der Waals surface area contributed by atoms with Gasteiger partial charge in [0.05, 0.1) is 11.8 Å². The van der Waals surface area contributed by atoms with Gasteiger partial charge >= 0.3 is 5.69 Å². The van der Waals surface area contributed by atoms with E-state index >= 15 is 0 Å². The molecule has 2 heterocycles. The molecule has 0 spiro atoms. The highest BCUT2D eigenvalue weighted by Crippen LogP contribution is 2.29. The lowest BCUT2D eigenvalue weighted by molar-refractivity contribution is 0.546. The summed E-state index contributed by atoms with van der Waals surface area (Å²) in [6.45, 7) is 5.93. The van der Waals surface area contributed by atoms with Crippen molar-refractivity contribution in [1.29, 1.82) is 0 Å². The molecule has 2 N–H and O–H groups in total. The number of sulfonamides is 1. The molecule has 4 rings (SSSR count). The van der Waals surface area contributed by atoms with Crippen LogP contribution in [0.4, 0.5) is 5.69 Å². The van der Waals surface area contributed by atoms with E-state index in [1.54, 1.807) is 12.1 Å². The van der Waals surface area contributed by atoms with Crippen LogP contribution in [-0.4, -0.2) is 34.2 Å². The molecule has 33 heavy (non-hydrogen) atoms. The maximum atomic E-state index is 12.5. The number of nitrogens with one attached hydrogen (secondary N) is 2. The molecule has 2 aromatic carbocycles. The SMILES string of the molecule is CC(C)(C)c1nc(-n2ccc(=O)[nH]c2=O)c2ccc(-c3ccc(NS(C)(=O)=O)cc3)cc2n1.